The van der Waals surface area contributed by atoms with Gasteiger partial charge in [-0.1, -0.05) is 97.8 Å². The zero-order valence-electron chi connectivity index (χ0n) is 34.4. The van der Waals surface area contributed by atoms with E-state index >= 15 is 0 Å². The fourth-order valence-electron chi connectivity index (χ4n) is 8.46. The lowest BCUT2D eigenvalue weighted by Gasteiger charge is -2.25. The van der Waals surface area contributed by atoms with E-state index in [1.165, 1.54) is 0 Å². The summed E-state index contributed by atoms with van der Waals surface area (Å²) >= 11 is 0. The Bertz CT molecular complexity index is 2110. The third-order valence-electron chi connectivity index (χ3n) is 11.5. The Morgan fingerprint density at radius 2 is 0.933 bits per heavy atom. The molecule has 6 N–H and O–H groups in total. The first-order valence-corrected chi connectivity index (χ1v) is 21.3. The van der Waals surface area contributed by atoms with Crippen LogP contribution in [0.15, 0.2) is 109 Å². The summed E-state index contributed by atoms with van der Waals surface area (Å²) in [5.41, 5.74) is 15.0. The molecule has 0 aliphatic carbocycles. The Labute approximate surface area is 352 Å². The highest BCUT2D eigenvalue weighted by molar-refractivity contribution is 5.99. The molecule has 0 saturated carbocycles. The number of benzene rings is 5. The molecule has 4 amide bonds. The van der Waals surface area contributed by atoms with E-state index in [-0.39, 0.29) is 61.6 Å². The van der Waals surface area contributed by atoms with Crippen molar-refractivity contribution in [3.8, 4) is 0 Å². The molecule has 12 heteroatoms. The SMILES string of the molecule is NCCCC[C@@H](CN1CC(=O)N(c2ccc(N3CN(C[C@H](CCCCN)NC(=O)Cc4ccc5ccccc5c4)CC3=O)cc2)C1)NC(=O)Cc1ccc2ccccc2c1. The van der Waals surface area contributed by atoms with Crippen molar-refractivity contribution in [3.05, 3.63) is 120 Å². The van der Waals surface area contributed by atoms with E-state index in [0.717, 1.165) is 82.6 Å². The number of fused-ring (bicyclic) bond motifs is 2. The number of rotatable bonds is 20. The average Bonchev–Trinajstić information content (AvgIpc) is 3.80. The van der Waals surface area contributed by atoms with Gasteiger partial charge in [-0.25, -0.2) is 0 Å². The fourth-order valence-corrected chi connectivity index (χ4v) is 8.46. The van der Waals surface area contributed by atoms with Gasteiger partial charge in [0.15, 0.2) is 0 Å². The first-order chi connectivity index (χ1) is 29.2. The van der Waals surface area contributed by atoms with Gasteiger partial charge < -0.3 is 22.1 Å². The number of amides is 4. The molecule has 2 fully saturated rings. The molecule has 2 saturated heterocycles. The third kappa shape index (κ3) is 11.3. The lowest BCUT2D eigenvalue weighted by molar-refractivity contribution is -0.122. The molecule has 2 heterocycles. The van der Waals surface area contributed by atoms with Gasteiger partial charge in [0.2, 0.25) is 23.6 Å². The number of carbonyl (C=O) groups excluding carboxylic acids is 4. The van der Waals surface area contributed by atoms with E-state index in [0.29, 0.717) is 39.5 Å². The number of hydrogen-bond donors (Lipinski definition) is 4. The highest BCUT2D eigenvalue weighted by Crippen LogP contribution is 2.26. The van der Waals surface area contributed by atoms with Gasteiger partial charge in [0.05, 0.1) is 39.3 Å². The Balaban J connectivity index is 0.923. The second-order valence-corrected chi connectivity index (χ2v) is 16.3. The van der Waals surface area contributed by atoms with E-state index in [2.05, 4.69) is 56.8 Å². The van der Waals surface area contributed by atoms with Crippen LogP contribution < -0.4 is 31.9 Å². The van der Waals surface area contributed by atoms with Gasteiger partial charge in [0.25, 0.3) is 0 Å². The maximum atomic E-state index is 13.3. The van der Waals surface area contributed by atoms with Crippen molar-refractivity contribution >= 4 is 56.5 Å². The summed E-state index contributed by atoms with van der Waals surface area (Å²) in [4.78, 5) is 60.8. The number of carbonyl (C=O) groups is 4. The second-order valence-electron chi connectivity index (χ2n) is 16.3. The van der Waals surface area contributed by atoms with Crippen molar-refractivity contribution in [3.63, 3.8) is 0 Å². The van der Waals surface area contributed by atoms with Gasteiger partial charge in [-0.2, -0.15) is 0 Å². The molecule has 2 atom stereocenters. The van der Waals surface area contributed by atoms with Crippen molar-refractivity contribution in [2.24, 2.45) is 11.5 Å². The minimum Gasteiger partial charge on any atom is -0.352 e. The highest BCUT2D eigenvalue weighted by atomic mass is 16.2. The molecule has 2 aliphatic rings. The molecule has 0 spiro atoms. The molecular weight excluding hydrogens is 753 g/mol. The number of nitrogens with one attached hydrogen (secondary N) is 2. The predicted octanol–water partition coefficient (Wildman–Crippen LogP) is 4.92. The van der Waals surface area contributed by atoms with Crippen LogP contribution in [0.2, 0.25) is 0 Å². The Kier molecular flexibility index (Phi) is 14.5. The van der Waals surface area contributed by atoms with Gasteiger partial charge in [-0.3, -0.25) is 38.8 Å². The molecular formula is C48H58N8O4. The van der Waals surface area contributed by atoms with Gasteiger partial charge in [-0.15, -0.1) is 0 Å². The summed E-state index contributed by atoms with van der Waals surface area (Å²) in [5, 5.41) is 11.0. The molecule has 60 heavy (non-hydrogen) atoms. The molecule has 314 valence electrons. The summed E-state index contributed by atoms with van der Waals surface area (Å²) in [7, 11) is 0. The number of nitrogens with zero attached hydrogens (tertiary/aromatic N) is 4. The minimum absolute atomic E-state index is 0.0160. The summed E-state index contributed by atoms with van der Waals surface area (Å²) in [5.74, 6) is -0.116. The topological polar surface area (TPSA) is 157 Å². The van der Waals surface area contributed by atoms with Crippen LogP contribution in [0, 0.1) is 0 Å². The van der Waals surface area contributed by atoms with Crippen molar-refractivity contribution in [1.29, 1.82) is 0 Å². The van der Waals surface area contributed by atoms with Crippen molar-refractivity contribution in [2.45, 2.75) is 63.5 Å². The van der Waals surface area contributed by atoms with Gasteiger partial charge in [0.1, 0.15) is 0 Å². The van der Waals surface area contributed by atoms with Crippen LogP contribution in [0.4, 0.5) is 11.4 Å². The third-order valence-corrected chi connectivity index (χ3v) is 11.5. The van der Waals surface area contributed by atoms with E-state index in [9.17, 15) is 19.2 Å². The Morgan fingerprint density at radius 1 is 0.533 bits per heavy atom. The van der Waals surface area contributed by atoms with Crippen LogP contribution in [0.5, 0.6) is 0 Å². The first kappa shape index (κ1) is 42.5. The molecule has 0 radical (unpaired) electrons. The zero-order chi connectivity index (χ0) is 41.8. The van der Waals surface area contributed by atoms with Crippen molar-refractivity contribution in [2.75, 3.05) is 62.4 Å². The van der Waals surface area contributed by atoms with Gasteiger partial charge in [-0.05, 0) is 95.7 Å². The quantitative estimate of drug-likeness (QED) is 0.0808. The van der Waals surface area contributed by atoms with Gasteiger partial charge in [0, 0.05) is 36.5 Å². The lowest BCUT2D eigenvalue weighted by atomic mass is 10.0. The summed E-state index contributed by atoms with van der Waals surface area (Å²) in [6.45, 7) is 3.58. The number of unbranched alkanes of at least 4 members (excludes halogenated alkanes) is 2. The second kappa shape index (κ2) is 20.5. The lowest BCUT2D eigenvalue weighted by Crippen LogP contribution is -2.44. The molecule has 0 bridgehead atoms. The molecule has 7 rings (SSSR count). The van der Waals surface area contributed by atoms with E-state index in [4.69, 9.17) is 11.5 Å². The van der Waals surface area contributed by atoms with Crippen molar-refractivity contribution in [1.82, 2.24) is 20.4 Å². The zero-order valence-corrected chi connectivity index (χ0v) is 34.4. The van der Waals surface area contributed by atoms with Crippen LogP contribution in [-0.4, -0.2) is 98.1 Å². The summed E-state index contributed by atoms with van der Waals surface area (Å²) in [6, 6.07) is 35.8. The Morgan fingerprint density at radius 3 is 1.33 bits per heavy atom. The van der Waals surface area contributed by atoms with Crippen molar-refractivity contribution < 1.29 is 19.2 Å². The van der Waals surface area contributed by atoms with Crippen LogP contribution in [0.25, 0.3) is 21.5 Å². The maximum Gasteiger partial charge on any atom is 0.242 e. The largest absolute Gasteiger partial charge is 0.352 e. The standard InChI is InChI=1S/C48H58N8O4/c49-23-7-5-13-41(51-45(57)27-35-15-17-37-9-1-3-11-39(37)25-35)29-53-31-47(59)55(33-53)43-19-21-44(22-20-43)56-34-54(32-48(56)60)30-42(14-6-8-24-50)52-46(58)28-36-16-18-38-10-2-4-12-40(38)26-36/h1-4,9-12,15-22,25-26,41-42H,5-8,13-14,23-24,27-34,49-50H2,(H,51,57)(H,52,58)/t41-,42-/m0/s1. The van der Waals surface area contributed by atoms with Crippen LogP contribution >= 0.6 is 0 Å². The van der Waals surface area contributed by atoms with Crippen LogP contribution in [0.1, 0.15) is 49.7 Å². The summed E-state index contributed by atoms with van der Waals surface area (Å²) < 4.78 is 0. The monoisotopic (exact) mass is 810 g/mol. The molecule has 0 aromatic heterocycles. The average molecular weight is 811 g/mol. The first-order valence-electron chi connectivity index (χ1n) is 21.3. The molecule has 12 nitrogen and oxygen atoms in total. The highest BCUT2D eigenvalue weighted by Gasteiger charge is 2.33. The van der Waals surface area contributed by atoms with E-state index in [1.54, 1.807) is 9.80 Å². The predicted molar refractivity (Wildman–Crippen MR) is 239 cm³/mol. The van der Waals surface area contributed by atoms with Crippen LogP contribution in [0.3, 0.4) is 0 Å². The molecule has 2 aliphatic heterocycles. The van der Waals surface area contributed by atoms with Crippen LogP contribution in [-0.2, 0) is 32.0 Å². The Hall–Kier alpha value is -5.66. The molecule has 0 unspecified atom stereocenters. The fraction of sp³-hybridized carbons (Fsp3) is 0.375. The normalized spacial score (nSPS) is 15.9. The molecule has 5 aromatic rings. The number of anilines is 2. The van der Waals surface area contributed by atoms with E-state index in [1.807, 2.05) is 72.8 Å². The summed E-state index contributed by atoms with van der Waals surface area (Å²) in [6.07, 6.45) is 5.60. The van der Waals surface area contributed by atoms with E-state index < -0.39 is 0 Å². The number of nitrogens with two attached hydrogens (primary N) is 2. The molecule has 5 aromatic carbocycles. The van der Waals surface area contributed by atoms with Gasteiger partial charge >= 0.3 is 0 Å². The number of hydrogen-bond acceptors (Lipinski definition) is 8. The smallest absolute Gasteiger partial charge is 0.242 e. The maximum absolute atomic E-state index is 13.3. The minimum atomic E-state index is -0.123.